The molecule has 1 aromatic rings. The Morgan fingerprint density at radius 2 is 2.08 bits per heavy atom. The molecule has 1 heterocycles. The van der Waals surface area contributed by atoms with E-state index >= 15 is 0 Å². The summed E-state index contributed by atoms with van der Waals surface area (Å²) >= 11 is 0. The molecular weight excluding hydrogens is 162 g/mol. The molecule has 2 nitrogen and oxygen atoms in total. The first-order chi connectivity index (χ1) is 5.44. The van der Waals surface area contributed by atoms with Crippen LogP contribution in [0, 0.1) is 5.92 Å². The molecule has 1 aromatic heterocycles. The normalized spacial score (nSPS) is 12.5. The maximum absolute atomic E-state index is 13.2. The van der Waals surface area contributed by atoms with Crippen LogP contribution in [0.3, 0.4) is 0 Å². The third-order valence-electron chi connectivity index (χ3n) is 1.77. The SMILES string of the molecule is CC(C)C(F)(F)c1cn(C)cn1. The van der Waals surface area contributed by atoms with Crippen LogP contribution in [0.15, 0.2) is 12.5 Å². The topological polar surface area (TPSA) is 17.8 Å². The van der Waals surface area contributed by atoms with Gasteiger partial charge in [0.25, 0.3) is 5.92 Å². The highest BCUT2D eigenvalue weighted by atomic mass is 19.3. The number of alkyl halides is 2. The number of nitrogens with zero attached hydrogens (tertiary/aromatic N) is 2. The van der Waals surface area contributed by atoms with E-state index in [4.69, 9.17) is 0 Å². The van der Waals surface area contributed by atoms with Gasteiger partial charge >= 0.3 is 0 Å². The number of aryl methyl sites for hydroxylation is 1. The first kappa shape index (κ1) is 9.16. The fourth-order valence-corrected chi connectivity index (χ4v) is 0.881. The van der Waals surface area contributed by atoms with Gasteiger partial charge in [0.1, 0.15) is 5.69 Å². The monoisotopic (exact) mass is 174 g/mol. The molecule has 12 heavy (non-hydrogen) atoms. The molecule has 1 rings (SSSR count). The lowest BCUT2D eigenvalue weighted by Crippen LogP contribution is -2.21. The molecule has 0 saturated heterocycles. The van der Waals surface area contributed by atoms with Gasteiger partial charge in [-0.2, -0.15) is 8.78 Å². The van der Waals surface area contributed by atoms with Gasteiger partial charge in [-0.3, -0.25) is 0 Å². The van der Waals surface area contributed by atoms with Crippen molar-refractivity contribution in [2.75, 3.05) is 0 Å². The predicted octanol–water partition coefficient (Wildman–Crippen LogP) is 2.17. The summed E-state index contributed by atoms with van der Waals surface area (Å²) in [4.78, 5) is 3.62. The summed E-state index contributed by atoms with van der Waals surface area (Å²) in [6.07, 6.45) is 2.73. The number of hydrogen-bond donors (Lipinski definition) is 0. The van der Waals surface area contributed by atoms with E-state index in [1.807, 2.05) is 0 Å². The van der Waals surface area contributed by atoms with Crippen molar-refractivity contribution in [1.29, 1.82) is 0 Å². The van der Waals surface area contributed by atoms with Crippen molar-refractivity contribution in [3.8, 4) is 0 Å². The fraction of sp³-hybridized carbons (Fsp3) is 0.625. The van der Waals surface area contributed by atoms with Crippen LogP contribution in [0.25, 0.3) is 0 Å². The Hall–Kier alpha value is -0.930. The van der Waals surface area contributed by atoms with Gasteiger partial charge in [0.2, 0.25) is 0 Å². The number of imidazole rings is 1. The molecule has 0 amide bonds. The van der Waals surface area contributed by atoms with Crippen molar-refractivity contribution in [3.05, 3.63) is 18.2 Å². The van der Waals surface area contributed by atoms with Gasteiger partial charge in [-0.1, -0.05) is 13.8 Å². The Kier molecular flexibility index (Phi) is 2.17. The van der Waals surface area contributed by atoms with E-state index < -0.39 is 11.8 Å². The summed E-state index contributed by atoms with van der Waals surface area (Å²) in [7, 11) is 1.67. The largest absolute Gasteiger partial charge is 0.340 e. The minimum Gasteiger partial charge on any atom is -0.340 e. The molecule has 68 valence electrons. The third-order valence-corrected chi connectivity index (χ3v) is 1.77. The first-order valence-electron chi connectivity index (χ1n) is 3.81. The van der Waals surface area contributed by atoms with Crippen LogP contribution in [0.5, 0.6) is 0 Å². The number of aromatic nitrogens is 2. The van der Waals surface area contributed by atoms with Crippen LogP contribution >= 0.6 is 0 Å². The molecule has 0 fully saturated rings. The molecule has 0 aliphatic rings. The average molecular weight is 174 g/mol. The van der Waals surface area contributed by atoms with E-state index in [0.29, 0.717) is 0 Å². The van der Waals surface area contributed by atoms with Crippen LogP contribution in [-0.4, -0.2) is 9.55 Å². The number of hydrogen-bond acceptors (Lipinski definition) is 1. The summed E-state index contributed by atoms with van der Waals surface area (Å²) in [6.45, 7) is 2.96. The van der Waals surface area contributed by atoms with Gasteiger partial charge in [0.05, 0.1) is 6.33 Å². The number of halogens is 2. The summed E-state index contributed by atoms with van der Waals surface area (Å²) in [5.41, 5.74) is -0.153. The molecule has 0 aliphatic carbocycles. The highest BCUT2D eigenvalue weighted by Crippen LogP contribution is 2.33. The Balaban J connectivity index is 2.97. The van der Waals surface area contributed by atoms with Crippen LogP contribution in [0.2, 0.25) is 0 Å². The Bertz CT molecular complexity index is 266. The average Bonchev–Trinajstić information content (AvgIpc) is 2.35. The van der Waals surface area contributed by atoms with Gasteiger partial charge in [-0.05, 0) is 0 Å². The van der Waals surface area contributed by atoms with Crippen LogP contribution < -0.4 is 0 Å². The molecule has 0 aliphatic heterocycles. The van der Waals surface area contributed by atoms with Crippen molar-refractivity contribution in [1.82, 2.24) is 9.55 Å². The minimum atomic E-state index is -2.82. The second-order valence-electron chi connectivity index (χ2n) is 3.20. The Labute approximate surface area is 70.2 Å². The van der Waals surface area contributed by atoms with Gasteiger partial charge in [0.15, 0.2) is 0 Å². The molecule has 0 spiro atoms. The van der Waals surface area contributed by atoms with Crippen molar-refractivity contribution >= 4 is 0 Å². The maximum Gasteiger partial charge on any atom is 0.293 e. The zero-order chi connectivity index (χ0) is 9.35. The van der Waals surface area contributed by atoms with E-state index in [-0.39, 0.29) is 5.69 Å². The maximum atomic E-state index is 13.2. The van der Waals surface area contributed by atoms with Crippen LogP contribution in [0.4, 0.5) is 8.78 Å². The van der Waals surface area contributed by atoms with Gasteiger partial charge in [0, 0.05) is 19.2 Å². The molecular formula is C8H12F2N2. The summed E-state index contributed by atoms with van der Waals surface area (Å²) < 4.78 is 28.0. The van der Waals surface area contributed by atoms with Crippen molar-refractivity contribution in [2.24, 2.45) is 13.0 Å². The first-order valence-corrected chi connectivity index (χ1v) is 3.81. The smallest absolute Gasteiger partial charge is 0.293 e. The van der Waals surface area contributed by atoms with Gasteiger partial charge < -0.3 is 4.57 Å². The van der Waals surface area contributed by atoms with E-state index in [1.54, 1.807) is 7.05 Å². The third kappa shape index (κ3) is 1.47. The summed E-state index contributed by atoms with van der Waals surface area (Å²) in [5, 5.41) is 0. The molecule has 0 N–H and O–H groups in total. The van der Waals surface area contributed by atoms with Gasteiger partial charge in [-0.25, -0.2) is 4.98 Å². The number of rotatable bonds is 2. The minimum absolute atomic E-state index is 0.153. The quantitative estimate of drug-likeness (QED) is 0.671. The molecule has 0 saturated carbocycles. The van der Waals surface area contributed by atoms with Crippen LogP contribution in [-0.2, 0) is 13.0 Å². The standard InChI is InChI=1S/C8H12F2N2/c1-6(2)8(9,10)7-4-12(3)5-11-7/h4-6H,1-3H3. The second kappa shape index (κ2) is 2.84. The zero-order valence-electron chi connectivity index (χ0n) is 7.38. The van der Waals surface area contributed by atoms with Crippen molar-refractivity contribution < 1.29 is 8.78 Å². The predicted molar refractivity (Wildman–Crippen MR) is 41.9 cm³/mol. The van der Waals surface area contributed by atoms with E-state index in [9.17, 15) is 8.78 Å². The van der Waals surface area contributed by atoms with E-state index in [2.05, 4.69) is 4.98 Å². The molecule has 0 unspecified atom stereocenters. The highest BCUT2D eigenvalue weighted by molar-refractivity contribution is 5.05. The Morgan fingerprint density at radius 3 is 2.42 bits per heavy atom. The second-order valence-corrected chi connectivity index (χ2v) is 3.20. The lowest BCUT2D eigenvalue weighted by molar-refractivity contribution is -0.0551. The molecule has 0 atom stereocenters. The Morgan fingerprint density at radius 1 is 1.50 bits per heavy atom. The van der Waals surface area contributed by atoms with E-state index in [1.165, 1.54) is 30.9 Å². The highest BCUT2D eigenvalue weighted by Gasteiger charge is 2.37. The lowest BCUT2D eigenvalue weighted by Gasteiger charge is -2.17. The zero-order valence-corrected chi connectivity index (χ0v) is 7.38. The molecule has 0 radical (unpaired) electrons. The fourth-order valence-electron chi connectivity index (χ4n) is 0.881. The molecule has 0 bridgehead atoms. The summed E-state index contributed by atoms with van der Waals surface area (Å²) in [6, 6.07) is 0. The van der Waals surface area contributed by atoms with Crippen molar-refractivity contribution in [3.63, 3.8) is 0 Å². The molecule has 4 heteroatoms. The van der Waals surface area contributed by atoms with Gasteiger partial charge in [-0.15, -0.1) is 0 Å². The van der Waals surface area contributed by atoms with Crippen LogP contribution in [0.1, 0.15) is 19.5 Å². The summed E-state index contributed by atoms with van der Waals surface area (Å²) in [5.74, 6) is -3.53. The molecule has 0 aromatic carbocycles. The van der Waals surface area contributed by atoms with E-state index in [0.717, 1.165) is 0 Å². The lowest BCUT2D eigenvalue weighted by atomic mass is 10.0. The van der Waals surface area contributed by atoms with Crippen molar-refractivity contribution in [2.45, 2.75) is 19.8 Å².